The summed E-state index contributed by atoms with van der Waals surface area (Å²) in [5.74, 6) is 0. The predicted molar refractivity (Wildman–Crippen MR) is 52.3 cm³/mol. The Labute approximate surface area is 76.5 Å². The number of rotatable bonds is 5. The summed E-state index contributed by atoms with van der Waals surface area (Å²) in [5, 5.41) is 0. The maximum Gasteiger partial charge on any atom is 0.0579 e. The summed E-state index contributed by atoms with van der Waals surface area (Å²) in [6, 6.07) is 0. The van der Waals surface area contributed by atoms with Gasteiger partial charge < -0.3 is 4.74 Å². The number of hydrogen-bond donors (Lipinski definition) is 0. The van der Waals surface area contributed by atoms with Gasteiger partial charge in [-0.25, -0.2) is 0 Å². The minimum atomic E-state index is 0.580. The molecule has 0 spiro atoms. The number of hydrogen-bond acceptors (Lipinski definition) is 1. The van der Waals surface area contributed by atoms with E-state index in [1.165, 1.54) is 44.9 Å². The molecule has 1 nitrogen and oxygen atoms in total. The lowest BCUT2D eigenvalue weighted by Gasteiger charge is -2.11. The molecule has 1 saturated heterocycles. The molecule has 0 aliphatic carbocycles. The van der Waals surface area contributed by atoms with E-state index in [4.69, 9.17) is 4.74 Å². The molecule has 0 radical (unpaired) electrons. The lowest BCUT2D eigenvalue weighted by Crippen LogP contribution is -2.09. The van der Waals surface area contributed by atoms with E-state index in [9.17, 15) is 0 Å². The zero-order valence-electron chi connectivity index (χ0n) is 8.51. The van der Waals surface area contributed by atoms with Crippen molar-refractivity contribution in [1.29, 1.82) is 0 Å². The van der Waals surface area contributed by atoms with Gasteiger partial charge in [-0.15, -0.1) is 0 Å². The molecule has 0 aromatic heterocycles. The Balaban J connectivity index is 2.03. The number of unbranched alkanes of at least 4 members (excludes halogenated alkanes) is 2. The molecule has 2 atom stereocenters. The van der Waals surface area contributed by atoms with Crippen LogP contribution in [0.25, 0.3) is 0 Å². The Morgan fingerprint density at radius 2 is 1.83 bits per heavy atom. The fourth-order valence-electron chi connectivity index (χ4n) is 1.91. The monoisotopic (exact) mass is 170 g/mol. The molecule has 0 N–H and O–H groups in total. The van der Waals surface area contributed by atoms with E-state index in [1.54, 1.807) is 0 Å². The second-order valence-corrected chi connectivity index (χ2v) is 3.86. The van der Waals surface area contributed by atoms with Crippen LogP contribution in [0.5, 0.6) is 0 Å². The first-order chi connectivity index (χ1) is 5.86. The molecule has 1 rings (SSSR count). The zero-order chi connectivity index (χ0) is 8.81. The van der Waals surface area contributed by atoms with E-state index in [2.05, 4.69) is 13.8 Å². The van der Waals surface area contributed by atoms with E-state index in [-0.39, 0.29) is 0 Å². The van der Waals surface area contributed by atoms with Gasteiger partial charge in [-0.3, -0.25) is 0 Å². The maximum absolute atomic E-state index is 5.86. The molecule has 1 aliphatic rings. The van der Waals surface area contributed by atoms with Gasteiger partial charge in [0, 0.05) is 0 Å². The fourth-order valence-corrected chi connectivity index (χ4v) is 1.91. The van der Waals surface area contributed by atoms with Crippen LogP contribution < -0.4 is 0 Å². The van der Waals surface area contributed by atoms with Crippen molar-refractivity contribution in [1.82, 2.24) is 0 Å². The third-order valence-electron chi connectivity index (χ3n) is 2.78. The highest BCUT2D eigenvalue weighted by Crippen LogP contribution is 2.25. The Bertz CT molecular complexity index is 112. The largest absolute Gasteiger partial charge is 0.375 e. The van der Waals surface area contributed by atoms with Gasteiger partial charge in [0.1, 0.15) is 0 Å². The molecule has 1 unspecified atom stereocenters. The normalized spacial score (nSPS) is 29.5. The van der Waals surface area contributed by atoms with Gasteiger partial charge in [-0.05, 0) is 25.7 Å². The minimum absolute atomic E-state index is 0.580. The van der Waals surface area contributed by atoms with E-state index < -0.39 is 0 Å². The van der Waals surface area contributed by atoms with Crippen molar-refractivity contribution >= 4 is 0 Å². The van der Waals surface area contributed by atoms with Crippen LogP contribution >= 0.6 is 0 Å². The van der Waals surface area contributed by atoms with E-state index in [0.717, 1.165) is 0 Å². The summed E-state index contributed by atoms with van der Waals surface area (Å²) in [6.07, 6.45) is 10.3. The number of ether oxygens (including phenoxy) is 1. The molecule has 1 fully saturated rings. The van der Waals surface area contributed by atoms with E-state index in [0.29, 0.717) is 12.2 Å². The molecule has 0 amide bonds. The highest BCUT2D eigenvalue weighted by molar-refractivity contribution is 4.72. The molecule has 0 bridgehead atoms. The van der Waals surface area contributed by atoms with Gasteiger partial charge in [-0.1, -0.05) is 33.1 Å². The van der Waals surface area contributed by atoms with Crippen molar-refractivity contribution in [3.63, 3.8) is 0 Å². The highest BCUT2D eigenvalue weighted by Gasteiger charge is 2.22. The minimum Gasteiger partial charge on any atom is -0.375 e. The zero-order valence-corrected chi connectivity index (χ0v) is 8.51. The second-order valence-electron chi connectivity index (χ2n) is 3.86. The maximum atomic E-state index is 5.86. The van der Waals surface area contributed by atoms with Gasteiger partial charge >= 0.3 is 0 Å². The first-order valence-electron chi connectivity index (χ1n) is 5.52. The van der Waals surface area contributed by atoms with E-state index >= 15 is 0 Å². The van der Waals surface area contributed by atoms with Gasteiger partial charge in [0.2, 0.25) is 0 Å². The molecule has 1 heterocycles. The summed E-state index contributed by atoms with van der Waals surface area (Å²) >= 11 is 0. The summed E-state index contributed by atoms with van der Waals surface area (Å²) in [6.45, 7) is 4.48. The van der Waals surface area contributed by atoms with Crippen LogP contribution in [0.2, 0.25) is 0 Å². The Hall–Kier alpha value is -0.0400. The molecule has 0 aromatic carbocycles. The molecule has 12 heavy (non-hydrogen) atoms. The quantitative estimate of drug-likeness (QED) is 0.574. The molecule has 0 aromatic rings. The fraction of sp³-hybridized carbons (Fsp3) is 1.00. The van der Waals surface area contributed by atoms with Crippen LogP contribution in [-0.2, 0) is 4.74 Å². The summed E-state index contributed by atoms with van der Waals surface area (Å²) < 4.78 is 5.86. The van der Waals surface area contributed by atoms with Crippen molar-refractivity contribution in [2.45, 2.75) is 71.0 Å². The third-order valence-corrected chi connectivity index (χ3v) is 2.78. The van der Waals surface area contributed by atoms with Crippen LogP contribution in [0.15, 0.2) is 0 Å². The summed E-state index contributed by atoms with van der Waals surface area (Å²) in [7, 11) is 0. The first kappa shape index (κ1) is 10.0. The third kappa shape index (κ3) is 3.14. The van der Waals surface area contributed by atoms with Crippen molar-refractivity contribution in [3.8, 4) is 0 Å². The average molecular weight is 170 g/mol. The summed E-state index contributed by atoms with van der Waals surface area (Å²) in [5.41, 5.74) is 0. The van der Waals surface area contributed by atoms with E-state index in [1.807, 2.05) is 0 Å². The molecule has 72 valence electrons. The standard InChI is InChI=1S/C11H22O/c1-3-5-6-7-11-9-8-10(4-2)12-11/h10-11H,3-9H2,1-2H3/t10-,11?/m1/s1. The highest BCUT2D eigenvalue weighted by atomic mass is 16.5. The van der Waals surface area contributed by atoms with Crippen LogP contribution in [0.1, 0.15) is 58.8 Å². The smallest absolute Gasteiger partial charge is 0.0579 e. The van der Waals surface area contributed by atoms with Crippen LogP contribution in [0.3, 0.4) is 0 Å². The predicted octanol–water partition coefficient (Wildman–Crippen LogP) is 3.52. The van der Waals surface area contributed by atoms with Gasteiger partial charge in [0.15, 0.2) is 0 Å². The molecule has 0 saturated carbocycles. The van der Waals surface area contributed by atoms with Gasteiger partial charge in [0.25, 0.3) is 0 Å². The van der Waals surface area contributed by atoms with Crippen LogP contribution in [0.4, 0.5) is 0 Å². The Morgan fingerprint density at radius 1 is 1.08 bits per heavy atom. The van der Waals surface area contributed by atoms with Gasteiger partial charge in [-0.2, -0.15) is 0 Å². The Kier molecular flexibility index (Phi) is 4.67. The average Bonchev–Trinajstić information content (AvgIpc) is 2.53. The topological polar surface area (TPSA) is 9.23 Å². The molecular formula is C11H22O. The van der Waals surface area contributed by atoms with Crippen molar-refractivity contribution in [3.05, 3.63) is 0 Å². The molecular weight excluding hydrogens is 148 g/mol. The van der Waals surface area contributed by atoms with Gasteiger partial charge in [0.05, 0.1) is 12.2 Å². The van der Waals surface area contributed by atoms with Crippen LogP contribution in [-0.4, -0.2) is 12.2 Å². The first-order valence-corrected chi connectivity index (χ1v) is 5.52. The Morgan fingerprint density at radius 3 is 2.42 bits per heavy atom. The molecule has 1 aliphatic heterocycles. The molecule has 1 heteroatoms. The van der Waals surface area contributed by atoms with Crippen LogP contribution in [0, 0.1) is 0 Å². The lowest BCUT2D eigenvalue weighted by atomic mass is 10.1. The summed E-state index contributed by atoms with van der Waals surface area (Å²) in [4.78, 5) is 0. The van der Waals surface area contributed by atoms with Crippen molar-refractivity contribution in [2.75, 3.05) is 0 Å². The van der Waals surface area contributed by atoms with Crippen molar-refractivity contribution < 1.29 is 4.74 Å². The van der Waals surface area contributed by atoms with Crippen molar-refractivity contribution in [2.24, 2.45) is 0 Å². The lowest BCUT2D eigenvalue weighted by molar-refractivity contribution is 0.0375. The SMILES string of the molecule is CCCCCC1CC[C@@H](CC)O1. The second kappa shape index (κ2) is 5.58.